The van der Waals surface area contributed by atoms with Gasteiger partial charge in [0.05, 0.1) is 16.5 Å². The van der Waals surface area contributed by atoms with Crippen LogP contribution in [0.25, 0.3) is 0 Å². The molecule has 1 N–H and O–H groups in total. The molecule has 3 unspecified atom stereocenters. The third-order valence-corrected chi connectivity index (χ3v) is 6.68. The third kappa shape index (κ3) is 3.23. The minimum absolute atomic E-state index is 0.223. The molecule has 1 aromatic rings. The van der Waals surface area contributed by atoms with Crippen molar-refractivity contribution in [1.29, 1.82) is 0 Å². The van der Waals surface area contributed by atoms with Crippen LogP contribution < -0.4 is 0 Å². The first kappa shape index (κ1) is 14.7. The summed E-state index contributed by atoms with van der Waals surface area (Å²) in [5.74, 6) is 0.820. The average molecular weight is 298 g/mol. The molecule has 2 heterocycles. The Hall–Kier alpha value is -0.750. The van der Waals surface area contributed by atoms with Crippen molar-refractivity contribution in [2.75, 3.05) is 5.75 Å². The van der Waals surface area contributed by atoms with Crippen molar-refractivity contribution in [1.82, 2.24) is 9.97 Å². The van der Waals surface area contributed by atoms with Gasteiger partial charge in [-0.15, -0.1) is 11.8 Å². The van der Waals surface area contributed by atoms with E-state index in [9.17, 15) is 4.79 Å². The van der Waals surface area contributed by atoms with Gasteiger partial charge in [0, 0.05) is 22.4 Å². The van der Waals surface area contributed by atoms with E-state index in [0.717, 1.165) is 11.6 Å². The number of rotatable bonds is 3. The minimum atomic E-state index is -0.948. The Kier molecular flexibility index (Phi) is 4.73. The van der Waals surface area contributed by atoms with Crippen LogP contribution in [-0.4, -0.2) is 37.3 Å². The lowest BCUT2D eigenvalue weighted by Gasteiger charge is -2.30. The van der Waals surface area contributed by atoms with Crippen molar-refractivity contribution in [3.63, 3.8) is 0 Å². The van der Waals surface area contributed by atoms with Crippen LogP contribution in [0.5, 0.6) is 0 Å². The van der Waals surface area contributed by atoms with Crippen molar-refractivity contribution in [2.24, 2.45) is 0 Å². The molecule has 1 aliphatic heterocycles. The molecule has 0 amide bonds. The van der Waals surface area contributed by atoms with Crippen molar-refractivity contribution in [3.8, 4) is 0 Å². The monoisotopic (exact) mass is 298 g/mol. The summed E-state index contributed by atoms with van der Waals surface area (Å²) >= 11 is 3.82. The highest BCUT2D eigenvalue weighted by Crippen LogP contribution is 2.43. The Bertz CT molecular complexity index is 482. The van der Waals surface area contributed by atoms with Crippen molar-refractivity contribution < 1.29 is 9.90 Å². The van der Waals surface area contributed by atoms with Gasteiger partial charge in [0.2, 0.25) is 0 Å². The van der Waals surface area contributed by atoms with E-state index in [4.69, 9.17) is 5.11 Å². The van der Waals surface area contributed by atoms with Crippen LogP contribution >= 0.6 is 23.5 Å². The molecule has 0 saturated carbocycles. The molecule has 1 aromatic heterocycles. The van der Waals surface area contributed by atoms with E-state index in [-0.39, 0.29) is 10.8 Å². The second-order valence-electron chi connectivity index (χ2n) is 4.62. The zero-order valence-corrected chi connectivity index (χ0v) is 12.9. The molecule has 0 aromatic carbocycles. The first-order chi connectivity index (χ1) is 9.02. The lowest BCUT2D eigenvalue weighted by molar-refractivity contribution is 0.0694. The standard InChI is InChI=1S/C13H18N2O2S2/c1-4-10-9(13(16)17)5-14-12(15-10)11-6-18-7(2)8(3)19-11/h5,7-8,11H,4,6H2,1-3H3,(H,16,17). The highest BCUT2D eigenvalue weighted by Gasteiger charge is 2.29. The quantitative estimate of drug-likeness (QED) is 0.925. The third-order valence-electron chi connectivity index (χ3n) is 3.29. The van der Waals surface area contributed by atoms with Crippen LogP contribution in [0.15, 0.2) is 6.20 Å². The molecule has 0 radical (unpaired) electrons. The molecular formula is C13H18N2O2S2. The molecule has 4 nitrogen and oxygen atoms in total. The van der Waals surface area contributed by atoms with Crippen molar-refractivity contribution in [2.45, 2.75) is 42.9 Å². The summed E-state index contributed by atoms with van der Waals surface area (Å²) in [5.41, 5.74) is 0.857. The Morgan fingerprint density at radius 1 is 1.47 bits per heavy atom. The van der Waals surface area contributed by atoms with Gasteiger partial charge in [0.1, 0.15) is 5.82 Å². The second-order valence-corrected chi connectivity index (χ2v) is 7.61. The fourth-order valence-corrected chi connectivity index (χ4v) is 4.81. The van der Waals surface area contributed by atoms with E-state index < -0.39 is 5.97 Å². The lowest BCUT2D eigenvalue weighted by Crippen LogP contribution is -2.23. The van der Waals surface area contributed by atoms with Crippen LogP contribution in [0.1, 0.15) is 47.9 Å². The molecular weight excluding hydrogens is 280 g/mol. The summed E-state index contributed by atoms with van der Waals surface area (Å²) in [7, 11) is 0. The number of carboxylic acid groups (broad SMARTS) is 1. The summed E-state index contributed by atoms with van der Waals surface area (Å²) in [6, 6.07) is 0. The zero-order chi connectivity index (χ0) is 14.0. The zero-order valence-electron chi connectivity index (χ0n) is 11.3. The molecule has 1 aliphatic rings. The van der Waals surface area contributed by atoms with E-state index in [1.165, 1.54) is 6.20 Å². The number of carboxylic acids is 1. The highest BCUT2D eigenvalue weighted by atomic mass is 32.2. The predicted octanol–water partition coefficient (Wildman–Crippen LogP) is 3.04. The predicted molar refractivity (Wildman–Crippen MR) is 80.1 cm³/mol. The average Bonchev–Trinajstić information content (AvgIpc) is 2.41. The van der Waals surface area contributed by atoms with Gasteiger partial charge >= 0.3 is 5.97 Å². The number of aryl methyl sites for hydroxylation is 1. The largest absolute Gasteiger partial charge is 0.478 e. The van der Waals surface area contributed by atoms with Crippen LogP contribution in [0.4, 0.5) is 0 Å². The summed E-state index contributed by atoms with van der Waals surface area (Å²) in [5, 5.41) is 10.6. The number of thioether (sulfide) groups is 2. The molecule has 19 heavy (non-hydrogen) atoms. The van der Waals surface area contributed by atoms with Gasteiger partial charge < -0.3 is 5.11 Å². The number of aromatic nitrogens is 2. The lowest BCUT2D eigenvalue weighted by atomic mass is 10.2. The fourth-order valence-electron chi connectivity index (χ4n) is 1.95. The van der Waals surface area contributed by atoms with Crippen LogP contribution in [0.2, 0.25) is 0 Å². The molecule has 3 atom stereocenters. The maximum atomic E-state index is 11.1. The maximum Gasteiger partial charge on any atom is 0.339 e. The highest BCUT2D eigenvalue weighted by molar-refractivity contribution is 8.07. The molecule has 6 heteroatoms. The van der Waals surface area contributed by atoms with Gasteiger partial charge in [-0.05, 0) is 6.42 Å². The Labute approximate surface area is 121 Å². The van der Waals surface area contributed by atoms with E-state index in [0.29, 0.717) is 22.6 Å². The van der Waals surface area contributed by atoms with Crippen molar-refractivity contribution >= 4 is 29.5 Å². The van der Waals surface area contributed by atoms with Gasteiger partial charge in [-0.25, -0.2) is 14.8 Å². The number of nitrogens with zero attached hydrogens (tertiary/aromatic N) is 2. The van der Waals surface area contributed by atoms with Crippen LogP contribution in [0, 0.1) is 0 Å². The second kappa shape index (κ2) is 6.13. The van der Waals surface area contributed by atoms with Crippen molar-refractivity contribution in [3.05, 3.63) is 23.3 Å². The summed E-state index contributed by atoms with van der Waals surface area (Å²) in [6.07, 6.45) is 2.07. The molecule has 1 fully saturated rings. The van der Waals surface area contributed by atoms with E-state index in [2.05, 4.69) is 23.8 Å². The van der Waals surface area contributed by atoms with E-state index >= 15 is 0 Å². The van der Waals surface area contributed by atoms with Gasteiger partial charge in [-0.1, -0.05) is 20.8 Å². The number of hydrogen-bond donors (Lipinski definition) is 1. The fraction of sp³-hybridized carbons (Fsp3) is 0.615. The summed E-state index contributed by atoms with van der Waals surface area (Å²) in [4.78, 5) is 19.8. The Morgan fingerprint density at radius 3 is 2.79 bits per heavy atom. The van der Waals surface area contributed by atoms with Crippen LogP contribution in [-0.2, 0) is 6.42 Å². The topological polar surface area (TPSA) is 63.1 Å². The Morgan fingerprint density at radius 2 is 2.21 bits per heavy atom. The minimum Gasteiger partial charge on any atom is -0.478 e. The molecule has 104 valence electrons. The normalized spacial score (nSPS) is 27.2. The molecule has 0 bridgehead atoms. The van der Waals surface area contributed by atoms with E-state index in [1.807, 2.05) is 30.4 Å². The van der Waals surface area contributed by atoms with Gasteiger partial charge in [0.15, 0.2) is 0 Å². The summed E-state index contributed by atoms with van der Waals surface area (Å²) in [6.45, 7) is 6.39. The van der Waals surface area contributed by atoms with Gasteiger partial charge in [-0.2, -0.15) is 11.8 Å². The van der Waals surface area contributed by atoms with Gasteiger partial charge in [0.25, 0.3) is 0 Å². The molecule has 0 aliphatic carbocycles. The molecule has 1 saturated heterocycles. The van der Waals surface area contributed by atoms with Gasteiger partial charge in [-0.3, -0.25) is 0 Å². The van der Waals surface area contributed by atoms with E-state index in [1.54, 1.807) is 0 Å². The Balaban J connectivity index is 2.24. The first-order valence-electron chi connectivity index (χ1n) is 6.39. The first-order valence-corrected chi connectivity index (χ1v) is 8.38. The molecule has 2 rings (SSSR count). The smallest absolute Gasteiger partial charge is 0.339 e. The SMILES string of the molecule is CCc1nc(C2CSC(C)C(C)S2)ncc1C(=O)O. The number of aromatic carboxylic acids is 1. The molecule has 0 spiro atoms. The number of carbonyl (C=O) groups is 1. The maximum absolute atomic E-state index is 11.1. The van der Waals surface area contributed by atoms with Crippen LogP contribution in [0.3, 0.4) is 0 Å². The summed E-state index contributed by atoms with van der Waals surface area (Å²) < 4.78 is 0. The number of hydrogen-bond acceptors (Lipinski definition) is 5.